The van der Waals surface area contributed by atoms with Crippen molar-refractivity contribution in [2.24, 2.45) is 0 Å². The first-order valence-electron chi connectivity index (χ1n) is 2.97. The summed E-state index contributed by atoms with van der Waals surface area (Å²) in [6, 6.07) is 0. The molecule has 0 amide bonds. The largest absolute Gasteiger partial charge is 0.501 e. The molecule has 0 fully saturated rings. The van der Waals surface area contributed by atoms with E-state index in [1.165, 1.54) is 0 Å². The Morgan fingerprint density at radius 1 is 1.91 bits per heavy atom. The lowest BCUT2D eigenvalue weighted by Gasteiger charge is -2.04. The summed E-state index contributed by atoms with van der Waals surface area (Å²) in [5, 5.41) is 0. The molecule has 0 spiro atoms. The molecule has 0 radical (unpaired) electrons. The molecule has 11 heavy (non-hydrogen) atoms. The highest BCUT2D eigenvalue weighted by Gasteiger charge is 2.27. The van der Waals surface area contributed by atoms with Crippen LogP contribution in [0.2, 0.25) is 0 Å². The van der Waals surface area contributed by atoms with Gasteiger partial charge < -0.3 is 4.74 Å². The van der Waals surface area contributed by atoms with Gasteiger partial charge in [0.15, 0.2) is 0 Å². The van der Waals surface area contributed by atoms with Gasteiger partial charge >= 0.3 is 0 Å². The maximum atomic E-state index is 12.5. The van der Waals surface area contributed by atoms with Crippen LogP contribution in [-0.2, 0) is 9.53 Å². The Kier molecular flexibility index (Phi) is 4.62. The summed E-state index contributed by atoms with van der Waals surface area (Å²) in [6.45, 7) is 2.18. The number of alkyl halides is 2. The first-order valence-corrected chi connectivity index (χ1v) is 3.93. The van der Waals surface area contributed by atoms with E-state index >= 15 is 0 Å². The number of carbonyl (C=O) groups is 1. The Morgan fingerprint density at radius 3 is 2.82 bits per heavy atom. The monoisotopic (exact) mass is 198 g/mol. The summed E-state index contributed by atoms with van der Waals surface area (Å²) < 4.78 is 17.1. The first-order chi connectivity index (χ1) is 4.98. The molecule has 64 valence electrons. The van der Waals surface area contributed by atoms with Gasteiger partial charge in [0, 0.05) is 6.08 Å². The zero-order valence-corrected chi connectivity index (χ0v) is 7.92. The first kappa shape index (κ1) is 10.9. The van der Waals surface area contributed by atoms with Crippen LogP contribution in [0.4, 0.5) is 4.39 Å². The predicted molar refractivity (Wildman–Crippen MR) is 45.2 cm³/mol. The second-order valence-corrected chi connectivity index (χ2v) is 3.46. The molecule has 0 rings (SSSR count). The van der Waals surface area contributed by atoms with Crippen LogP contribution < -0.4 is 0 Å². The Labute approximate surface area is 71.9 Å². The molecule has 0 aliphatic carbocycles. The Hall–Kier alpha value is -0.140. The molecule has 0 N–H and O–H groups in total. The van der Waals surface area contributed by atoms with Gasteiger partial charge in [0.1, 0.15) is 0 Å². The van der Waals surface area contributed by atoms with Gasteiger partial charge in [-0.2, -0.15) is 0 Å². The topological polar surface area (TPSA) is 26.3 Å². The van der Waals surface area contributed by atoms with Crippen LogP contribution >= 0.6 is 20.8 Å². The summed E-state index contributed by atoms with van der Waals surface area (Å²) in [5.41, 5.74) is 0. The van der Waals surface area contributed by atoms with Crippen molar-refractivity contribution in [3.63, 3.8) is 0 Å². The van der Waals surface area contributed by atoms with E-state index in [-0.39, 0.29) is 0 Å². The number of ether oxygens (including phenoxy) is 1. The molecule has 0 aliphatic heterocycles. The minimum absolute atomic E-state index is 0.433. The molecule has 2 atom stereocenters. The van der Waals surface area contributed by atoms with E-state index in [2.05, 4.69) is 4.74 Å². The number of rotatable bonds is 4. The molecule has 0 saturated carbocycles. The van der Waals surface area contributed by atoms with Crippen molar-refractivity contribution in [2.45, 2.75) is 11.8 Å². The third-order valence-corrected chi connectivity index (χ3v) is 1.28. The highest BCUT2D eigenvalue weighted by molar-refractivity contribution is 7.24. The van der Waals surface area contributed by atoms with Crippen molar-refractivity contribution in [1.82, 2.24) is 0 Å². The number of ketones is 1. The lowest BCUT2D eigenvalue weighted by atomic mass is 10.4. The fourth-order valence-electron chi connectivity index (χ4n) is 0.317. The second kappa shape index (κ2) is 4.68. The summed E-state index contributed by atoms with van der Waals surface area (Å²) in [6.07, 6.45) is 2.06. The molecular weight excluding hydrogens is 189 g/mol. The quantitative estimate of drug-likeness (QED) is 0.298. The summed E-state index contributed by atoms with van der Waals surface area (Å²) in [7, 11) is 1.58. The van der Waals surface area contributed by atoms with E-state index in [1.807, 2.05) is 0 Å². The van der Waals surface area contributed by atoms with Gasteiger partial charge in [-0.05, 0) is 6.92 Å². The van der Waals surface area contributed by atoms with E-state index in [0.717, 1.165) is 12.3 Å². The molecule has 0 aromatic rings. The number of allylic oxidation sites excluding steroid dienone is 1. The lowest BCUT2D eigenvalue weighted by molar-refractivity contribution is -0.117. The van der Waals surface area contributed by atoms with Crippen LogP contribution in [-0.4, -0.2) is 17.3 Å². The molecule has 2 unspecified atom stereocenters. The van der Waals surface area contributed by atoms with Crippen molar-refractivity contribution < 1.29 is 13.9 Å². The number of carbonyl (C=O) groups excluding carboxylic acids is 1. The van der Waals surface area contributed by atoms with Crippen LogP contribution in [0.1, 0.15) is 6.92 Å². The number of hydrogen-bond donors (Lipinski definition) is 0. The van der Waals surface area contributed by atoms with Crippen LogP contribution in [0.25, 0.3) is 0 Å². The predicted octanol–water partition coefficient (Wildman–Crippen LogP) is 1.84. The highest BCUT2D eigenvalue weighted by atomic mass is 35.5. The Morgan fingerprint density at radius 2 is 2.45 bits per heavy atom. The fourth-order valence-corrected chi connectivity index (χ4v) is 0.476. The van der Waals surface area contributed by atoms with E-state index in [9.17, 15) is 9.18 Å². The Balaban J connectivity index is 3.88. The van der Waals surface area contributed by atoms with Crippen LogP contribution in [0, 0.1) is 0 Å². The minimum Gasteiger partial charge on any atom is -0.501 e. The summed E-state index contributed by atoms with van der Waals surface area (Å²) in [5.74, 6) is -0.849. The molecule has 0 aliphatic rings. The SMILES string of the molecule is CCO/C=C/C(=O)C(F)(P)Cl. The maximum Gasteiger partial charge on any atom is 0.256 e. The summed E-state index contributed by atoms with van der Waals surface area (Å²) >= 11 is 5.00. The van der Waals surface area contributed by atoms with Crippen LogP contribution in [0.3, 0.4) is 0 Å². The minimum atomic E-state index is -2.41. The standard InChI is InChI=1S/C6H9ClFO2P/c1-2-10-4-3-5(9)6(7,8)11/h3-4H,2,11H2,1H3/b4-3+. The van der Waals surface area contributed by atoms with Crippen molar-refractivity contribution in [1.29, 1.82) is 0 Å². The zero-order valence-electron chi connectivity index (χ0n) is 6.01. The van der Waals surface area contributed by atoms with Gasteiger partial charge in [0.25, 0.3) is 4.87 Å². The van der Waals surface area contributed by atoms with Crippen molar-refractivity contribution in [3.05, 3.63) is 12.3 Å². The second-order valence-electron chi connectivity index (χ2n) is 1.75. The van der Waals surface area contributed by atoms with Gasteiger partial charge in [0.05, 0.1) is 12.9 Å². The third kappa shape index (κ3) is 5.16. The molecule has 5 heteroatoms. The normalized spacial score (nSPS) is 16.4. The molecule has 0 bridgehead atoms. The number of halogens is 2. The lowest BCUT2D eigenvalue weighted by Crippen LogP contribution is -2.16. The average Bonchev–Trinajstić information content (AvgIpc) is 1.86. The van der Waals surface area contributed by atoms with Gasteiger partial charge in [-0.1, -0.05) is 20.8 Å². The van der Waals surface area contributed by atoms with Crippen molar-refractivity contribution in [3.8, 4) is 0 Å². The van der Waals surface area contributed by atoms with E-state index in [1.54, 1.807) is 16.2 Å². The van der Waals surface area contributed by atoms with Crippen molar-refractivity contribution >= 4 is 26.6 Å². The molecule has 0 aromatic carbocycles. The molecule has 0 saturated heterocycles. The van der Waals surface area contributed by atoms with E-state index in [0.29, 0.717) is 6.61 Å². The molecule has 2 nitrogen and oxygen atoms in total. The van der Waals surface area contributed by atoms with Crippen LogP contribution in [0.5, 0.6) is 0 Å². The van der Waals surface area contributed by atoms with Gasteiger partial charge in [-0.3, -0.25) is 4.79 Å². The van der Waals surface area contributed by atoms with E-state index in [4.69, 9.17) is 11.6 Å². The molecule has 0 heterocycles. The third-order valence-electron chi connectivity index (χ3n) is 0.811. The average molecular weight is 199 g/mol. The maximum absolute atomic E-state index is 12.5. The highest BCUT2D eigenvalue weighted by Crippen LogP contribution is 2.26. The fraction of sp³-hybridized carbons (Fsp3) is 0.500. The smallest absolute Gasteiger partial charge is 0.256 e. The number of hydrogen-bond acceptors (Lipinski definition) is 2. The van der Waals surface area contributed by atoms with E-state index < -0.39 is 10.7 Å². The zero-order chi connectivity index (χ0) is 8.91. The van der Waals surface area contributed by atoms with Gasteiger partial charge in [-0.25, -0.2) is 4.39 Å². The Bertz CT molecular complexity index is 164. The van der Waals surface area contributed by atoms with Gasteiger partial charge in [-0.15, -0.1) is 0 Å². The van der Waals surface area contributed by atoms with Gasteiger partial charge in [0.2, 0.25) is 5.78 Å². The van der Waals surface area contributed by atoms with Crippen molar-refractivity contribution in [2.75, 3.05) is 6.61 Å². The van der Waals surface area contributed by atoms with Crippen LogP contribution in [0.15, 0.2) is 12.3 Å². The molecule has 0 aromatic heterocycles. The molecular formula is C6H9ClFO2P. The summed E-state index contributed by atoms with van der Waals surface area (Å²) in [4.78, 5) is 8.24.